The number of amides is 1. The Morgan fingerprint density at radius 1 is 1.17 bits per heavy atom. The maximum Gasteiger partial charge on any atom is 0.411 e. The zero-order chi connectivity index (χ0) is 21.4. The maximum atomic E-state index is 12.6. The van der Waals surface area contributed by atoms with Crippen LogP contribution in [0.25, 0.3) is 6.08 Å². The summed E-state index contributed by atoms with van der Waals surface area (Å²) >= 11 is 0. The van der Waals surface area contributed by atoms with Crippen molar-refractivity contribution in [3.05, 3.63) is 63.6 Å². The molecule has 2 rings (SSSR count). The molecule has 8 nitrogen and oxygen atoms in total. The molecule has 1 aromatic heterocycles. The van der Waals surface area contributed by atoms with Crippen LogP contribution >= 0.6 is 0 Å². The summed E-state index contributed by atoms with van der Waals surface area (Å²) in [5.74, 6) is -0.241. The molecule has 0 aliphatic carbocycles. The van der Waals surface area contributed by atoms with Gasteiger partial charge in [-0.15, -0.1) is 0 Å². The predicted octanol–water partition coefficient (Wildman–Crippen LogP) is 2.79. The minimum atomic E-state index is -0.604. The molecule has 0 fully saturated rings. The number of anilines is 1. The molecule has 29 heavy (non-hydrogen) atoms. The van der Waals surface area contributed by atoms with E-state index in [1.165, 1.54) is 24.9 Å². The fourth-order valence-corrected chi connectivity index (χ4v) is 2.53. The quantitative estimate of drug-likeness (QED) is 0.416. The van der Waals surface area contributed by atoms with Crippen molar-refractivity contribution in [2.24, 2.45) is 7.05 Å². The number of benzene rings is 1. The van der Waals surface area contributed by atoms with Crippen LogP contribution in [0.4, 0.5) is 10.5 Å². The van der Waals surface area contributed by atoms with Crippen LogP contribution in [0.1, 0.15) is 21.6 Å². The Morgan fingerprint density at radius 2 is 1.93 bits per heavy atom. The molecule has 1 aromatic carbocycles. The van der Waals surface area contributed by atoms with Crippen LogP contribution in [0.3, 0.4) is 0 Å². The number of methoxy groups -OCH3 is 2. The van der Waals surface area contributed by atoms with Crippen LogP contribution in [-0.2, 0) is 16.5 Å². The Balaban J connectivity index is 2.17. The second-order valence-corrected chi connectivity index (χ2v) is 6.17. The van der Waals surface area contributed by atoms with Crippen molar-refractivity contribution in [2.45, 2.75) is 6.92 Å². The second kappa shape index (κ2) is 10.2. The Morgan fingerprint density at radius 3 is 2.62 bits per heavy atom. The van der Waals surface area contributed by atoms with Crippen molar-refractivity contribution >= 4 is 23.6 Å². The van der Waals surface area contributed by atoms with E-state index in [9.17, 15) is 14.4 Å². The third-order valence-corrected chi connectivity index (χ3v) is 4.18. The number of aryl methyl sites for hydroxylation is 1. The van der Waals surface area contributed by atoms with Gasteiger partial charge in [-0.25, -0.2) is 4.79 Å². The standard InChI is InChI=1S/C21H24N2O6/c1-14-12-18(28-4)19(20(25)23(14)2)17(24)9-8-15-6-5-7-16(13-15)22-21(26)29-11-10-27-3/h5-9,12-13H,10-11H2,1-4H3,(H,22,26). The number of carbonyl (C=O) groups excluding carboxylic acids is 2. The molecule has 0 bridgehead atoms. The zero-order valence-corrected chi connectivity index (χ0v) is 16.9. The van der Waals surface area contributed by atoms with E-state index in [0.29, 0.717) is 23.6 Å². The van der Waals surface area contributed by atoms with Crippen LogP contribution < -0.4 is 15.6 Å². The Kier molecular flexibility index (Phi) is 7.73. The first-order valence-electron chi connectivity index (χ1n) is 8.87. The molecular formula is C21H24N2O6. The zero-order valence-electron chi connectivity index (χ0n) is 16.9. The van der Waals surface area contributed by atoms with Crippen LogP contribution in [0.15, 0.2) is 41.2 Å². The van der Waals surface area contributed by atoms with Gasteiger partial charge in [-0.2, -0.15) is 0 Å². The normalized spacial score (nSPS) is 10.8. The molecule has 0 unspecified atom stereocenters. The molecule has 0 atom stereocenters. The van der Waals surface area contributed by atoms with Gasteiger partial charge in [0.1, 0.15) is 17.9 Å². The van der Waals surface area contributed by atoms with Crippen molar-refractivity contribution in [1.82, 2.24) is 4.57 Å². The molecule has 8 heteroatoms. The molecule has 1 amide bonds. The summed E-state index contributed by atoms with van der Waals surface area (Å²) in [6, 6.07) is 8.49. The first-order chi connectivity index (χ1) is 13.9. The number of hydrogen-bond acceptors (Lipinski definition) is 6. The number of ketones is 1. The van der Waals surface area contributed by atoms with Gasteiger partial charge in [0.2, 0.25) is 0 Å². The summed E-state index contributed by atoms with van der Waals surface area (Å²) < 4.78 is 16.3. The minimum absolute atomic E-state index is 0.0344. The highest BCUT2D eigenvalue weighted by molar-refractivity contribution is 6.08. The SMILES string of the molecule is COCCOC(=O)Nc1cccc(C=CC(=O)c2c(OC)cc(C)n(C)c2=O)c1. The number of nitrogens with zero attached hydrogens (tertiary/aromatic N) is 1. The molecule has 0 aliphatic rings. The van der Waals surface area contributed by atoms with Crippen LogP contribution in [-0.4, -0.2) is 43.9 Å². The van der Waals surface area contributed by atoms with E-state index in [1.807, 2.05) is 0 Å². The molecule has 0 radical (unpaired) electrons. The van der Waals surface area contributed by atoms with E-state index in [1.54, 1.807) is 50.4 Å². The van der Waals surface area contributed by atoms with Gasteiger partial charge >= 0.3 is 6.09 Å². The van der Waals surface area contributed by atoms with Crippen LogP contribution in [0.2, 0.25) is 0 Å². The Hall–Kier alpha value is -3.39. The number of pyridine rings is 1. The number of hydrogen-bond donors (Lipinski definition) is 1. The van der Waals surface area contributed by atoms with Gasteiger partial charge < -0.3 is 18.8 Å². The average Bonchev–Trinajstić information content (AvgIpc) is 2.70. The fourth-order valence-electron chi connectivity index (χ4n) is 2.53. The van der Waals surface area contributed by atoms with Crippen LogP contribution in [0, 0.1) is 6.92 Å². The van der Waals surface area contributed by atoms with Gasteiger partial charge in [0.15, 0.2) is 5.78 Å². The van der Waals surface area contributed by atoms with Crippen LogP contribution in [0.5, 0.6) is 5.75 Å². The monoisotopic (exact) mass is 400 g/mol. The van der Waals surface area contributed by atoms with Gasteiger partial charge in [0, 0.05) is 31.6 Å². The maximum absolute atomic E-state index is 12.6. The van der Waals surface area contributed by atoms with Crippen molar-refractivity contribution in [3.63, 3.8) is 0 Å². The topological polar surface area (TPSA) is 95.9 Å². The Labute approximate surface area is 168 Å². The molecule has 1 N–H and O–H groups in total. The van der Waals surface area contributed by atoms with Gasteiger partial charge in [0.25, 0.3) is 5.56 Å². The lowest BCUT2D eigenvalue weighted by atomic mass is 10.1. The highest BCUT2D eigenvalue weighted by atomic mass is 16.6. The summed E-state index contributed by atoms with van der Waals surface area (Å²) in [7, 11) is 4.52. The van der Waals surface area contributed by atoms with E-state index in [2.05, 4.69) is 5.32 Å². The summed E-state index contributed by atoms with van der Waals surface area (Å²) in [6.07, 6.45) is 2.25. The second-order valence-electron chi connectivity index (χ2n) is 6.17. The number of allylic oxidation sites excluding steroid dienone is 1. The molecule has 154 valence electrons. The number of carbonyl (C=O) groups is 2. The summed E-state index contributed by atoms with van der Waals surface area (Å²) in [6.45, 7) is 2.21. The van der Waals surface area contributed by atoms with E-state index < -0.39 is 17.4 Å². The molecule has 0 aliphatic heterocycles. The van der Waals surface area contributed by atoms with Gasteiger partial charge in [-0.1, -0.05) is 18.2 Å². The highest BCUT2D eigenvalue weighted by Gasteiger charge is 2.17. The van der Waals surface area contributed by atoms with Crippen molar-refractivity contribution in [1.29, 1.82) is 0 Å². The summed E-state index contributed by atoms with van der Waals surface area (Å²) in [5.41, 5.74) is 1.39. The average molecular weight is 400 g/mol. The number of aromatic nitrogens is 1. The molecule has 0 saturated carbocycles. The lowest BCUT2D eigenvalue weighted by molar-refractivity contribution is 0.104. The molecule has 1 heterocycles. The first kappa shape index (κ1) is 21.9. The lowest BCUT2D eigenvalue weighted by Gasteiger charge is -2.10. The van der Waals surface area contributed by atoms with Crippen molar-refractivity contribution < 1.29 is 23.8 Å². The highest BCUT2D eigenvalue weighted by Crippen LogP contribution is 2.18. The molecular weight excluding hydrogens is 376 g/mol. The summed E-state index contributed by atoms with van der Waals surface area (Å²) in [5, 5.41) is 2.59. The molecule has 0 spiro atoms. The van der Waals surface area contributed by atoms with E-state index in [0.717, 1.165) is 0 Å². The van der Waals surface area contributed by atoms with E-state index in [-0.39, 0.29) is 17.9 Å². The van der Waals surface area contributed by atoms with Crippen molar-refractivity contribution in [3.8, 4) is 5.75 Å². The van der Waals surface area contributed by atoms with Gasteiger partial charge in [-0.3, -0.25) is 14.9 Å². The number of nitrogens with one attached hydrogen (secondary N) is 1. The lowest BCUT2D eigenvalue weighted by Crippen LogP contribution is -2.26. The van der Waals surface area contributed by atoms with Crippen molar-refractivity contribution in [2.75, 3.05) is 32.8 Å². The third-order valence-electron chi connectivity index (χ3n) is 4.18. The van der Waals surface area contributed by atoms with Gasteiger partial charge in [-0.05, 0) is 30.7 Å². The summed E-state index contributed by atoms with van der Waals surface area (Å²) in [4.78, 5) is 36.8. The molecule has 0 saturated heterocycles. The fraction of sp³-hybridized carbons (Fsp3) is 0.286. The smallest absolute Gasteiger partial charge is 0.411 e. The predicted molar refractivity (Wildman–Crippen MR) is 110 cm³/mol. The minimum Gasteiger partial charge on any atom is -0.496 e. The van der Waals surface area contributed by atoms with E-state index >= 15 is 0 Å². The first-order valence-corrected chi connectivity index (χ1v) is 8.87. The van der Waals surface area contributed by atoms with E-state index in [4.69, 9.17) is 14.2 Å². The third kappa shape index (κ3) is 5.79. The largest absolute Gasteiger partial charge is 0.496 e. The number of ether oxygens (including phenoxy) is 3. The van der Waals surface area contributed by atoms with Gasteiger partial charge in [0.05, 0.1) is 13.7 Å². The Bertz CT molecular complexity index is 978. The number of rotatable bonds is 8. The molecule has 2 aromatic rings.